The number of methoxy groups -OCH3 is 2. The van der Waals surface area contributed by atoms with Crippen LogP contribution in [0.15, 0.2) is 12.1 Å². The van der Waals surface area contributed by atoms with Crippen molar-refractivity contribution in [2.24, 2.45) is 5.73 Å². The lowest BCUT2D eigenvalue weighted by Gasteiger charge is -2.16. The molecule has 0 aliphatic carbocycles. The Labute approximate surface area is 108 Å². The number of hydrogen-bond donors (Lipinski definition) is 1. The molecule has 0 aliphatic heterocycles. The number of ether oxygens (including phenoxy) is 2. The zero-order chi connectivity index (χ0) is 13.7. The summed E-state index contributed by atoms with van der Waals surface area (Å²) in [5, 5.41) is 0. The molecule has 0 amide bonds. The van der Waals surface area contributed by atoms with Gasteiger partial charge in [0.2, 0.25) is 0 Å². The fourth-order valence-electron chi connectivity index (χ4n) is 1.88. The highest BCUT2D eigenvalue weighted by molar-refractivity contribution is 5.98. The second-order valence-electron chi connectivity index (χ2n) is 4.41. The summed E-state index contributed by atoms with van der Waals surface area (Å²) in [6, 6.07) is 3.61. The molecule has 0 heterocycles. The van der Waals surface area contributed by atoms with Crippen molar-refractivity contribution in [3.63, 3.8) is 0 Å². The van der Waals surface area contributed by atoms with Gasteiger partial charge in [-0.15, -0.1) is 0 Å². The molecule has 0 bridgehead atoms. The summed E-state index contributed by atoms with van der Waals surface area (Å²) >= 11 is 0. The summed E-state index contributed by atoms with van der Waals surface area (Å²) in [7, 11) is 3.15. The van der Waals surface area contributed by atoms with E-state index >= 15 is 0 Å². The minimum Gasteiger partial charge on any atom is -0.493 e. The highest BCUT2D eigenvalue weighted by Gasteiger charge is 2.18. The van der Waals surface area contributed by atoms with E-state index in [-0.39, 0.29) is 11.7 Å². The molecule has 0 saturated carbocycles. The summed E-state index contributed by atoms with van der Waals surface area (Å²) in [5.41, 5.74) is 7.08. The lowest BCUT2D eigenvalue weighted by molar-refractivity contribution is 0.0984. The third-order valence-corrected chi connectivity index (χ3v) is 2.85. The summed E-state index contributed by atoms with van der Waals surface area (Å²) in [4.78, 5) is 12.1. The number of rotatable bonds is 6. The molecular weight excluding hydrogens is 230 g/mol. The standard InChI is InChI=1S/C14H21NO3/c1-9(2)10-7-13(17-3)14(18-4)8-11(10)12(16)5-6-15/h7-9H,5-6,15H2,1-4H3. The highest BCUT2D eigenvalue weighted by Crippen LogP contribution is 2.34. The van der Waals surface area contributed by atoms with Crippen molar-refractivity contribution in [1.29, 1.82) is 0 Å². The van der Waals surface area contributed by atoms with E-state index in [1.54, 1.807) is 20.3 Å². The van der Waals surface area contributed by atoms with Gasteiger partial charge < -0.3 is 15.2 Å². The third-order valence-electron chi connectivity index (χ3n) is 2.85. The van der Waals surface area contributed by atoms with Crippen LogP contribution >= 0.6 is 0 Å². The topological polar surface area (TPSA) is 61.5 Å². The van der Waals surface area contributed by atoms with Gasteiger partial charge in [0.25, 0.3) is 0 Å². The van der Waals surface area contributed by atoms with E-state index in [2.05, 4.69) is 0 Å². The number of benzene rings is 1. The van der Waals surface area contributed by atoms with Gasteiger partial charge in [0.1, 0.15) is 0 Å². The Morgan fingerprint density at radius 1 is 1.22 bits per heavy atom. The van der Waals surface area contributed by atoms with Crippen LogP contribution in [0.1, 0.15) is 42.1 Å². The van der Waals surface area contributed by atoms with Crippen LogP contribution in [0.3, 0.4) is 0 Å². The number of ketones is 1. The molecule has 18 heavy (non-hydrogen) atoms. The number of carbonyl (C=O) groups excluding carboxylic acids is 1. The van der Waals surface area contributed by atoms with Gasteiger partial charge in [0, 0.05) is 12.0 Å². The van der Waals surface area contributed by atoms with Crippen LogP contribution in [0.25, 0.3) is 0 Å². The maximum atomic E-state index is 12.1. The molecule has 0 saturated heterocycles. The quantitative estimate of drug-likeness (QED) is 0.788. The second-order valence-corrected chi connectivity index (χ2v) is 4.41. The van der Waals surface area contributed by atoms with E-state index in [4.69, 9.17) is 15.2 Å². The van der Waals surface area contributed by atoms with Crippen molar-refractivity contribution in [3.8, 4) is 11.5 Å². The molecule has 4 nitrogen and oxygen atoms in total. The molecule has 1 rings (SSSR count). The Bertz CT molecular complexity index is 427. The van der Waals surface area contributed by atoms with Crippen LogP contribution in [0, 0.1) is 0 Å². The minimum atomic E-state index is 0.0437. The Balaban J connectivity index is 3.33. The normalized spacial score (nSPS) is 10.6. The van der Waals surface area contributed by atoms with Crippen molar-refractivity contribution in [2.45, 2.75) is 26.2 Å². The van der Waals surface area contributed by atoms with Gasteiger partial charge in [-0.25, -0.2) is 0 Å². The number of nitrogens with two attached hydrogens (primary N) is 1. The predicted molar refractivity (Wildman–Crippen MR) is 71.6 cm³/mol. The molecule has 4 heteroatoms. The Morgan fingerprint density at radius 2 is 1.78 bits per heavy atom. The molecule has 1 aromatic rings. The van der Waals surface area contributed by atoms with E-state index < -0.39 is 0 Å². The third kappa shape index (κ3) is 3.01. The average molecular weight is 251 g/mol. The Morgan fingerprint density at radius 3 is 2.22 bits per heavy atom. The lowest BCUT2D eigenvalue weighted by Crippen LogP contribution is -2.11. The van der Waals surface area contributed by atoms with E-state index in [1.165, 1.54) is 0 Å². The molecule has 2 N–H and O–H groups in total. The maximum absolute atomic E-state index is 12.1. The first-order chi connectivity index (χ1) is 8.54. The molecule has 0 aliphatic rings. The molecule has 0 radical (unpaired) electrons. The molecule has 0 fully saturated rings. The van der Waals surface area contributed by atoms with E-state index in [1.807, 2.05) is 19.9 Å². The van der Waals surface area contributed by atoms with Crippen LogP contribution in [0.5, 0.6) is 11.5 Å². The van der Waals surface area contributed by atoms with Gasteiger partial charge in [0.15, 0.2) is 17.3 Å². The van der Waals surface area contributed by atoms with Crippen LogP contribution < -0.4 is 15.2 Å². The van der Waals surface area contributed by atoms with Crippen molar-refractivity contribution in [2.75, 3.05) is 20.8 Å². The van der Waals surface area contributed by atoms with Gasteiger partial charge in [-0.2, -0.15) is 0 Å². The van der Waals surface area contributed by atoms with Crippen LogP contribution in [-0.2, 0) is 0 Å². The first kappa shape index (κ1) is 14.5. The van der Waals surface area contributed by atoms with Gasteiger partial charge in [-0.05, 0) is 30.2 Å². The largest absolute Gasteiger partial charge is 0.493 e. The zero-order valence-corrected chi connectivity index (χ0v) is 11.4. The SMILES string of the molecule is COc1cc(C(=O)CCN)c(C(C)C)cc1OC. The number of Topliss-reactive ketones (excluding diaryl/α,β-unsaturated/α-hetero) is 1. The minimum absolute atomic E-state index is 0.0437. The molecule has 1 aromatic carbocycles. The summed E-state index contributed by atoms with van der Waals surface area (Å²) in [5.74, 6) is 1.50. The first-order valence-electron chi connectivity index (χ1n) is 6.04. The smallest absolute Gasteiger partial charge is 0.164 e. The van der Waals surface area contributed by atoms with Crippen LogP contribution in [0.2, 0.25) is 0 Å². The fraction of sp³-hybridized carbons (Fsp3) is 0.500. The zero-order valence-electron chi connectivity index (χ0n) is 11.4. The summed E-state index contributed by atoms with van der Waals surface area (Å²) in [6.07, 6.45) is 0.342. The average Bonchev–Trinajstić information content (AvgIpc) is 2.37. The van der Waals surface area contributed by atoms with Gasteiger partial charge in [-0.3, -0.25) is 4.79 Å². The van der Waals surface area contributed by atoms with Gasteiger partial charge in [0.05, 0.1) is 14.2 Å². The maximum Gasteiger partial charge on any atom is 0.164 e. The molecule has 100 valence electrons. The van der Waals surface area contributed by atoms with Crippen LogP contribution in [0.4, 0.5) is 0 Å². The van der Waals surface area contributed by atoms with Gasteiger partial charge in [-0.1, -0.05) is 13.8 Å². The molecule has 0 atom stereocenters. The van der Waals surface area contributed by atoms with Gasteiger partial charge >= 0.3 is 0 Å². The molecular formula is C14H21NO3. The summed E-state index contributed by atoms with van der Waals surface area (Å²) < 4.78 is 10.5. The van der Waals surface area contributed by atoms with Crippen molar-refractivity contribution >= 4 is 5.78 Å². The summed E-state index contributed by atoms with van der Waals surface area (Å²) in [6.45, 7) is 4.44. The number of carbonyl (C=O) groups is 1. The fourth-order valence-corrected chi connectivity index (χ4v) is 1.88. The second kappa shape index (κ2) is 6.40. The van der Waals surface area contributed by atoms with Crippen LogP contribution in [-0.4, -0.2) is 26.5 Å². The van der Waals surface area contributed by atoms with E-state index in [0.717, 1.165) is 5.56 Å². The lowest BCUT2D eigenvalue weighted by atomic mass is 9.93. The monoisotopic (exact) mass is 251 g/mol. The van der Waals surface area contributed by atoms with E-state index in [0.29, 0.717) is 30.0 Å². The first-order valence-corrected chi connectivity index (χ1v) is 6.04. The van der Waals surface area contributed by atoms with Crippen molar-refractivity contribution < 1.29 is 14.3 Å². The van der Waals surface area contributed by atoms with E-state index in [9.17, 15) is 4.79 Å². The molecule has 0 unspecified atom stereocenters. The number of hydrogen-bond acceptors (Lipinski definition) is 4. The predicted octanol–water partition coefficient (Wildman–Crippen LogP) is 2.36. The molecule has 0 spiro atoms. The van der Waals surface area contributed by atoms with Crippen molar-refractivity contribution in [3.05, 3.63) is 23.3 Å². The Hall–Kier alpha value is -1.55. The highest BCUT2D eigenvalue weighted by atomic mass is 16.5. The Kier molecular flexibility index (Phi) is 5.16. The molecule has 0 aromatic heterocycles. The van der Waals surface area contributed by atoms with Crippen molar-refractivity contribution in [1.82, 2.24) is 0 Å².